The number of hydrogen-bond acceptors (Lipinski definition) is 4. The average molecular weight is 231 g/mol. The van der Waals surface area contributed by atoms with Gasteiger partial charge in [0.2, 0.25) is 0 Å². The van der Waals surface area contributed by atoms with E-state index in [-0.39, 0.29) is 6.42 Å². The highest BCUT2D eigenvalue weighted by Gasteiger charge is 2.46. The molecule has 0 saturated heterocycles. The van der Waals surface area contributed by atoms with Gasteiger partial charge in [0.25, 0.3) is 0 Å². The highest BCUT2D eigenvalue weighted by Crippen LogP contribution is 2.43. The monoisotopic (exact) mass is 231 g/mol. The SMILES string of the molecule is [O-]OOSC1CCCCC1C(F)(F)F. The van der Waals surface area contributed by atoms with Gasteiger partial charge in [-0.05, 0) is 12.8 Å². The second-order valence-corrected chi connectivity index (χ2v) is 4.14. The Morgan fingerprint density at radius 1 is 1.21 bits per heavy atom. The van der Waals surface area contributed by atoms with Crippen molar-refractivity contribution in [3.63, 3.8) is 0 Å². The number of rotatable bonds is 3. The molecule has 0 radical (unpaired) electrons. The molecular formula is C7H10F3O3S-. The molecule has 1 rings (SSSR count). The van der Waals surface area contributed by atoms with E-state index in [0.717, 1.165) is 6.42 Å². The standard InChI is InChI=1S/C7H11F3O3S/c8-7(9,10)5-3-1-2-4-6(5)14-13-12-11/h5-6,11H,1-4H2/p-1. The molecule has 2 atom stereocenters. The molecular weight excluding hydrogens is 221 g/mol. The normalized spacial score (nSPS) is 29.1. The predicted octanol–water partition coefficient (Wildman–Crippen LogP) is 1.98. The Balaban J connectivity index is 2.50. The van der Waals surface area contributed by atoms with Crippen LogP contribution in [0.4, 0.5) is 13.2 Å². The molecule has 14 heavy (non-hydrogen) atoms. The first kappa shape index (κ1) is 12.1. The van der Waals surface area contributed by atoms with E-state index in [9.17, 15) is 18.4 Å². The number of halogens is 3. The highest BCUT2D eigenvalue weighted by molar-refractivity contribution is 7.95. The molecule has 1 fully saturated rings. The fourth-order valence-electron chi connectivity index (χ4n) is 1.65. The van der Waals surface area contributed by atoms with Gasteiger partial charge in [-0.3, -0.25) is 5.04 Å². The van der Waals surface area contributed by atoms with Gasteiger partial charge in [0.1, 0.15) is 0 Å². The van der Waals surface area contributed by atoms with Gasteiger partial charge in [-0.2, -0.15) is 17.5 Å². The van der Waals surface area contributed by atoms with Crippen molar-refractivity contribution >= 4 is 12.0 Å². The summed E-state index contributed by atoms with van der Waals surface area (Å²) >= 11 is 0.478. The van der Waals surface area contributed by atoms with Crippen molar-refractivity contribution in [2.24, 2.45) is 5.92 Å². The van der Waals surface area contributed by atoms with Crippen molar-refractivity contribution < 1.29 is 27.8 Å². The van der Waals surface area contributed by atoms with E-state index in [4.69, 9.17) is 0 Å². The fourth-order valence-corrected chi connectivity index (χ4v) is 2.47. The summed E-state index contributed by atoms with van der Waals surface area (Å²) in [5, 5.41) is 11.8. The maximum atomic E-state index is 12.4. The van der Waals surface area contributed by atoms with Crippen molar-refractivity contribution in [1.29, 1.82) is 0 Å². The molecule has 7 heteroatoms. The summed E-state index contributed by atoms with van der Waals surface area (Å²) in [6.07, 6.45) is -2.42. The molecule has 0 amide bonds. The maximum Gasteiger partial charge on any atom is 0.392 e. The highest BCUT2D eigenvalue weighted by atomic mass is 32.2. The van der Waals surface area contributed by atoms with Crippen LogP contribution in [-0.4, -0.2) is 11.4 Å². The van der Waals surface area contributed by atoms with Crippen LogP contribution in [0.2, 0.25) is 0 Å². The van der Waals surface area contributed by atoms with E-state index in [0.29, 0.717) is 24.9 Å². The van der Waals surface area contributed by atoms with Gasteiger partial charge in [0.05, 0.1) is 5.92 Å². The zero-order chi connectivity index (χ0) is 10.6. The largest absolute Gasteiger partial charge is 0.691 e. The molecule has 0 bridgehead atoms. The smallest absolute Gasteiger partial charge is 0.392 e. The summed E-state index contributed by atoms with van der Waals surface area (Å²) < 4.78 is 41.3. The summed E-state index contributed by atoms with van der Waals surface area (Å²) in [5.74, 6) is -1.39. The maximum absolute atomic E-state index is 12.4. The Labute approximate surface area is 83.6 Å². The van der Waals surface area contributed by atoms with Crippen LogP contribution in [0.1, 0.15) is 25.7 Å². The van der Waals surface area contributed by atoms with Crippen LogP contribution in [0.15, 0.2) is 0 Å². The van der Waals surface area contributed by atoms with E-state index in [2.05, 4.69) is 9.37 Å². The molecule has 0 aromatic rings. The van der Waals surface area contributed by atoms with Crippen molar-refractivity contribution in [3.05, 3.63) is 0 Å². The Kier molecular flexibility index (Phi) is 4.49. The van der Waals surface area contributed by atoms with Gasteiger partial charge in [0, 0.05) is 17.3 Å². The van der Waals surface area contributed by atoms with Crippen molar-refractivity contribution in [2.75, 3.05) is 0 Å². The van der Waals surface area contributed by atoms with E-state index in [1.165, 1.54) is 0 Å². The Hall–Kier alpha value is 0.0200. The third-order valence-corrected chi connectivity index (χ3v) is 3.26. The lowest BCUT2D eigenvalue weighted by atomic mass is 9.88. The van der Waals surface area contributed by atoms with Crippen LogP contribution in [0, 0.1) is 5.92 Å². The molecule has 3 nitrogen and oxygen atoms in total. The molecule has 2 unspecified atom stereocenters. The van der Waals surface area contributed by atoms with Crippen LogP contribution < -0.4 is 5.26 Å². The first-order valence-electron chi connectivity index (χ1n) is 4.24. The summed E-state index contributed by atoms with van der Waals surface area (Å²) in [6, 6.07) is 0. The van der Waals surface area contributed by atoms with Crippen molar-refractivity contribution in [3.8, 4) is 0 Å². The van der Waals surface area contributed by atoms with E-state index < -0.39 is 17.3 Å². The minimum absolute atomic E-state index is 0.101. The van der Waals surface area contributed by atoms with E-state index >= 15 is 0 Å². The van der Waals surface area contributed by atoms with Crippen molar-refractivity contribution in [1.82, 2.24) is 0 Å². The lowest BCUT2D eigenvalue weighted by Crippen LogP contribution is -2.35. The lowest BCUT2D eigenvalue weighted by molar-refractivity contribution is -0.777. The summed E-state index contributed by atoms with van der Waals surface area (Å²) in [7, 11) is 0. The molecule has 0 aromatic carbocycles. The molecule has 1 saturated carbocycles. The zero-order valence-electron chi connectivity index (χ0n) is 7.25. The second kappa shape index (κ2) is 5.20. The summed E-state index contributed by atoms with van der Waals surface area (Å²) in [6.45, 7) is 0. The van der Waals surface area contributed by atoms with Crippen molar-refractivity contribution in [2.45, 2.75) is 37.1 Å². The second-order valence-electron chi connectivity index (χ2n) is 3.20. The summed E-state index contributed by atoms with van der Waals surface area (Å²) in [4.78, 5) is 0. The van der Waals surface area contributed by atoms with Gasteiger partial charge < -0.3 is 5.26 Å². The number of hydrogen-bond donors (Lipinski definition) is 0. The molecule has 1 aliphatic carbocycles. The van der Waals surface area contributed by atoms with Crippen LogP contribution >= 0.6 is 12.0 Å². The summed E-state index contributed by atoms with van der Waals surface area (Å²) in [5.41, 5.74) is 0. The van der Waals surface area contributed by atoms with Gasteiger partial charge in [-0.15, -0.1) is 0 Å². The van der Waals surface area contributed by atoms with Crippen LogP contribution in [0.25, 0.3) is 0 Å². The van der Waals surface area contributed by atoms with E-state index in [1.807, 2.05) is 0 Å². The molecule has 84 valence electrons. The Bertz CT molecular complexity index is 176. The molecule has 1 aliphatic rings. The van der Waals surface area contributed by atoms with Gasteiger partial charge >= 0.3 is 6.18 Å². The van der Waals surface area contributed by atoms with Gasteiger partial charge in [-0.25, -0.2) is 0 Å². The Morgan fingerprint density at radius 2 is 1.86 bits per heavy atom. The van der Waals surface area contributed by atoms with Crippen LogP contribution in [-0.2, 0) is 9.37 Å². The van der Waals surface area contributed by atoms with Crippen LogP contribution in [0.5, 0.6) is 0 Å². The average Bonchev–Trinajstić information content (AvgIpc) is 2.14. The minimum atomic E-state index is -4.22. The van der Waals surface area contributed by atoms with Gasteiger partial charge in [-0.1, -0.05) is 12.8 Å². The van der Waals surface area contributed by atoms with Crippen LogP contribution in [0.3, 0.4) is 0 Å². The first-order valence-corrected chi connectivity index (χ1v) is 5.05. The van der Waals surface area contributed by atoms with E-state index in [1.54, 1.807) is 0 Å². The minimum Gasteiger partial charge on any atom is -0.691 e. The Morgan fingerprint density at radius 3 is 2.43 bits per heavy atom. The fraction of sp³-hybridized carbons (Fsp3) is 1.00. The number of alkyl halides is 3. The molecule has 0 aromatic heterocycles. The third kappa shape index (κ3) is 3.30. The lowest BCUT2D eigenvalue weighted by Gasteiger charge is -2.31. The van der Waals surface area contributed by atoms with Gasteiger partial charge in [0.15, 0.2) is 0 Å². The first-order chi connectivity index (χ1) is 6.55. The topological polar surface area (TPSA) is 41.5 Å². The zero-order valence-corrected chi connectivity index (χ0v) is 8.07. The molecule has 0 heterocycles. The predicted molar refractivity (Wildman–Crippen MR) is 41.6 cm³/mol. The molecule has 0 N–H and O–H groups in total. The molecule has 0 spiro atoms. The quantitative estimate of drug-likeness (QED) is 0.423. The molecule has 0 aliphatic heterocycles. The third-order valence-electron chi connectivity index (χ3n) is 2.31.